The van der Waals surface area contributed by atoms with E-state index in [1.54, 1.807) is 48.7 Å². The number of primary amides is 1. The number of nitrogens with two attached hydrogens (primary N) is 1. The molecule has 3 N–H and O–H groups in total. The van der Waals surface area contributed by atoms with Crippen LogP contribution in [-0.2, 0) is 16.4 Å². The number of halogens is 3. The molecule has 0 bridgehead atoms. The summed E-state index contributed by atoms with van der Waals surface area (Å²) in [4.78, 5) is 12.4. The highest BCUT2D eigenvalue weighted by Crippen LogP contribution is 2.45. The van der Waals surface area contributed by atoms with Crippen molar-refractivity contribution in [3.8, 4) is 11.3 Å². The number of hydrogen-bond donors (Lipinski definition) is 2. The Hall–Kier alpha value is -2.95. The Kier molecular flexibility index (Phi) is 6.52. The van der Waals surface area contributed by atoms with Crippen LogP contribution in [-0.4, -0.2) is 29.7 Å². The van der Waals surface area contributed by atoms with Crippen molar-refractivity contribution in [1.82, 2.24) is 9.61 Å². The third-order valence-electron chi connectivity index (χ3n) is 6.09. The summed E-state index contributed by atoms with van der Waals surface area (Å²) in [6.07, 6.45) is 3.54. The van der Waals surface area contributed by atoms with Crippen molar-refractivity contribution in [3.05, 3.63) is 86.7 Å². The maximum Gasteiger partial charge on any atom is 0.253 e. The molecular formula is C25H21BrClFN4O3S. The molecule has 5 rings (SSSR count). The van der Waals surface area contributed by atoms with Crippen LogP contribution in [0.2, 0.25) is 5.02 Å². The Bertz CT molecular complexity index is 1600. The molecule has 1 fully saturated rings. The number of anilines is 1. The molecule has 1 saturated carbocycles. The van der Waals surface area contributed by atoms with Gasteiger partial charge in [-0.3, -0.25) is 9.52 Å². The molecule has 0 unspecified atom stereocenters. The molecule has 36 heavy (non-hydrogen) atoms. The lowest BCUT2D eigenvalue weighted by atomic mass is 10.0. The Balaban J connectivity index is 1.50. The van der Waals surface area contributed by atoms with E-state index in [2.05, 4.69) is 25.8 Å². The fourth-order valence-corrected chi connectivity index (χ4v) is 5.63. The van der Waals surface area contributed by atoms with Gasteiger partial charge < -0.3 is 5.73 Å². The van der Waals surface area contributed by atoms with Gasteiger partial charge >= 0.3 is 0 Å². The number of rotatable bonds is 8. The van der Waals surface area contributed by atoms with Crippen LogP contribution in [0.25, 0.3) is 16.8 Å². The average Bonchev–Trinajstić information content (AvgIpc) is 3.60. The summed E-state index contributed by atoms with van der Waals surface area (Å²) < 4.78 is 44.2. The lowest BCUT2D eigenvalue weighted by molar-refractivity contribution is 0.100. The van der Waals surface area contributed by atoms with Gasteiger partial charge in [-0.2, -0.15) is 5.10 Å². The predicted molar refractivity (Wildman–Crippen MR) is 141 cm³/mol. The van der Waals surface area contributed by atoms with Gasteiger partial charge in [0, 0.05) is 10.6 Å². The molecule has 0 radical (unpaired) electrons. The number of carbonyl (C=O) groups is 1. The molecule has 186 valence electrons. The van der Waals surface area contributed by atoms with Crippen LogP contribution in [0, 0.1) is 5.82 Å². The fourth-order valence-electron chi connectivity index (χ4n) is 4.14. The summed E-state index contributed by atoms with van der Waals surface area (Å²) in [5.41, 5.74) is 9.29. The van der Waals surface area contributed by atoms with Gasteiger partial charge in [0.2, 0.25) is 10.0 Å². The molecule has 0 spiro atoms. The predicted octanol–water partition coefficient (Wildman–Crippen LogP) is 5.52. The molecule has 2 aromatic heterocycles. The zero-order valence-corrected chi connectivity index (χ0v) is 22.0. The minimum atomic E-state index is -3.76. The van der Waals surface area contributed by atoms with E-state index in [9.17, 15) is 17.6 Å². The highest BCUT2D eigenvalue weighted by atomic mass is 79.9. The largest absolute Gasteiger partial charge is 0.365 e. The molecule has 2 aromatic carbocycles. The molecule has 7 nitrogen and oxygen atoms in total. The number of carbonyl (C=O) groups excluding carboxylic acids is 1. The van der Waals surface area contributed by atoms with Crippen molar-refractivity contribution >= 4 is 54.7 Å². The summed E-state index contributed by atoms with van der Waals surface area (Å²) in [7, 11) is -3.76. The van der Waals surface area contributed by atoms with Crippen molar-refractivity contribution < 1.29 is 17.6 Å². The van der Waals surface area contributed by atoms with Crippen LogP contribution < -0.4 is 10.5 Å². The van der Waals surface area contributed by atoms with Crippen LogP contribution in [0.5, 0.6) is 0 Å². The summed E-state index contributed by atoms with van der Waals surface area (Å²) in [6.45, 7) is 0. The third-order valence-corrected chi connectivity index (χ3v) is 8.26. The number of fused-ring (bicyclic) bond motifs is 1. The smallest absolute Gasteiger partial charge is 0.253 e. The second-order valence-corrected chi connectivity index (χ2v) is 11.9. The molecule has 1 amide bonds. The van der Waals surface area contributed by atoms with E-state index < -0.39 is 21.7 Å². The molecular weight excluding hydrogens is 571 g/mol. The first-order valence-electron chi connectivity index (χ1n) is 11.2. The van der Waals surface area contributed by atoms with Gasteiger partial charge in [0.25, 0.3) is 5.91 Å². The first kappa shape index (κ1) is 24.7. The Labute approximate surface area is 220 Å². The number of hydrogen-bond acceptors (Lipinski definition) is 4. The second-order valence-electron chi connectivity index (χ2n) is 8.76. The molecule has 11 heteroatoms. The normalized spacial score (nSPS) is 13.8. The van der Waals surface area contributed by atoms with E-state index in [0.717, 1.165) is 18.4 Å². The zero-order chi connectivity index (χ0) is 25.6. The van der Waals surface area contributed by atoms with Crippen LogP contribution in [0.15, 0.2) is 59.2 Å². The first-order chi connectivity index (χ1) is 17.1. The summed E-state index contributed by atoms with van der Waals surface area (Å²) in [5.74, 6) is -1.13. The number of amides is 1. The zero-order valence-electron chi connectivity index (χ0n) is 18.8. The highest BCUT2D eigenvalue weighted by molar-refractivity contribution is 9.10. The minimum absolute atomic E-state index is 0.148. The molecule has 1 aliphatic rings. The van der Waals surface area contributed by atoms with Crippen LogP contribution in [0.3, 0.4) is 0 Å². The maximum absolute atomic E-state index is 13.8. The Morgan fingerprint density at radius 1 is 1.19 bits per heavy atom. The van der Waals surface area contributed by atoms with Gasteiger partial charge in [-0.15, -0.1) is 0 Å². The van der Waals surface area contributed by atoms with E-state index in [4.69, 9.17) is 17.3 Å². The standard InChI is InChI=1S/C25H21BrClFN4O3S/c26-19-8-1-14(11-20(19)28)9-10-36(34,35)31-21-13-32-22(12-18(21)15-2-3-15)23(25(29)33)24(30-32)16-4-6-17(27)7-5-16/h1,4-8,11-13,15,31H,2-3,9-10H2,(H2,29,33). The molecule has 1 aliphatic carbocycles. The van der Waals surface area contributed by atoms with Crippen molar-refractivity contribution in [2.24, 2.45) is 5.73 Å². The van der Waals surface area contributed by atoms with E-state index in [1.165, 1.54) is 10.6 Å². The van der Waals surface area contributed by atoms with E-state index in [0.29, 0.717) is 37.5 Å². The fraction of sp³-hybridized carbons (Fsp3) is 0.200. The number of nitrogens with zero attached hydrogens (tertiary/aromatic N) is 2. The Morgan fingerprint density at radius 2 is 1.92 bits per heavy atom. The van der Waals surface area contributed by atoms with Crippen molar-refractivity contribution in [2.45, 2.75) is 25.2 Å². The maximum atomic E-state index is 13.8. The van der Waals surface area contributed by atoms with Crippen LogP contribution >= 0.6 is 27.5 Å². The van der Waals surface area contributed by atoms with Gasteiger partial charge in [0.05, 0.1) is 33.2 Å². The van der Waals surface area contributed by atoms with Gasteiger partial charge in [-0.25, -0.2) is 17.3 Å². The molecule has 0 aliphatic heterocycles. The average molecular weight is 592 g/mol. The van der Waals surface area contributed by atoms with Gasteiger partial charge in [0.15, 0.2) is 0 Å². The third kappa shape index (κ3) is 5.11. The van der Waals surface area contributed by atoms with Crippen molar-refractivity contribution in [3.63, 3.8) is 0 Å². The number of aromatic nitrogens is 2. The monoisotopic (exact) mass is 590 g/mol. The lowest BCUT2D eigenvalue weighted by Crippen LogP contribution is -2.19. The molecule has 4 aromatic rings. The van der Waals surface area contributed by atoms with Crippen LogP contribution in [0.4, 0.5) is 10.1 Å². The highest BCUT2D eigenvalue weighted by Gasteiger charge is 2.30. The number of nitrogens with one attached hydrogen (secondary N) is 1. The SMILES string of the molecule is NC(=O)c1c(-c2ccc(Cl)cc2)nn2cc(NS(=O)(=O)CCc3ccc(Br)c(F)c3)c(C3CC3)cc12. The van der Waals surface area contributed by atoms with E-state index in [1.807, 2.05) is 0 Å². The second kappa shape index (κ2) is 9.49. The van der Waals surface area contributed by atoms with Crippen LogP contribution in [0.1, 0.15) is 40.2 Å². The van der Waals surface area contributed by atoms with Gasteiger partial charge in [-0.05, 0) is 82.6 Å². The summed E-state index contributed by atoms with van der Waals surface area (Å²) in [6, 6.07) is 13.2. The number of pyridine rings is 1. The minimum Gasteiger partial charge on any atom is -0.365 e. The van der Waals surface area contributed by atoms with E-state index in [-0.39, 0.29) is 23.7 Å². The summed E-state index contributed by atoms with van der Waals surface area (Å²) >= 11 is 9.10. The quantitative estimate of drug-likeness (QED) is 0.282. The number of aryl methyl sites for hydroxylation is 1. The Morgan fingerprint density at radius 3 is 2.56 bits per heavy atom. The van der Waals surface area contributed by atoms with Crippen molar-refractivity contribution in [2.75, 3.05) is 10.5 Å². The number of benzene rings is 2. The topological polar surface area (TPSA) is 107 Å². The molecule has 2 heterocycles. The van der Waals surface area contributed by atoms with E-state index >= 15 is 0 Å². The number of sulfonamides is 1. The summed E-state index contributed by atoms with van der Waals surface area (Å²) in [5, 5.41) is 5.09. The van der Waals surface area contributed by atoms with Gasteiger partial charge in [-0.1, -0.05) is 29.8 Å². The van der Waals surface area contributed by atoms with Crippen molar-refractivity contribution in [1.29, 1.82) is 0 Å². The first-order valence-corrected chi connectivity index (χ1v) is 14.0. The molecule has 0 saturated heterocycles. The lowest BCUT2D eigenvalue weighted by Gasteiger charge is -2.13. The van der Waals surface area contributed by atoms with Gasteiger partial charge in [0.1, 0.15) is 11.5 Å². The molecule has 0 atom stereocenters.